The van der Waals surface area contributed by atoms with Crippen molar-refractivity contribution in [2.45, 2.75) is 11.3 Å². The minimum absolute atomic E-state index is 0.0954. The molecule has 1 aliphatic rings. The molecule has 0 unspecified atom stereocenters. The molecule has 168 valence electrons. The van der Waals surface area contributed by atoms with Crippen molar-refractivity contribution in [1.82, 2.24) is 9.21 Å². The number of ether oxygens (including phenoxy) is 3. The molecule has 0 atom stereocenters. The first-order chi connectivity index (χ1) is 14.8. The van der Waals surface area contributed by atoms with Gasteiger partial charge in [-0.25, -0.2) is 8.42 Å². The predicted octanol–water partition coefficient (Wildman–Crippen LogP) is 1.71. The number of aromatic hydroxyl groups is 1. The molecule has 3 rings (SSSR count). The molecular formula is C21H26N2O7S. The molecule has 2 aromatic carbocycles. The van der Waals surface area contributed by atoms with Crippen molar-refractivity contribution in [1.29, 1.82) is 0 Å². The van der Waals surface area contributed by atoms with Crippen LogP contribution in [-0.2, 0) is 14.8 Å². The van der Waals surface area contributed by atoms with E-state index in [0.717, 1.165) is 0 Å². The molecule has 1 fully saturated rings. The van der Waals surface area contributed by atoms with Crippen molar-refractivity contribution in [3.8, 4) is 23.0 Å². The number of carbonyl (C=O) groups excluding carboxylic acids is 1. The minimum Gasteiger partial charge on any atom is -0.508 e. The number of benzene rings is 2. The van der Waals surface area contributed by atoms with Gasteiger partial charge in [0.25, 0.3) is 0 Å². The number of phenols is 1. The van der Waals surface area contributed by atoms with Gasteiger partial charge in [-0.1, -0.05) is 0 Å². The topological polar surface area (TPSA) is 106 Å². The van der Waals surface area contributed by atoms with Crippen LogP contribution in [0.3, 0.4) is 0 Å². The van der Waals surface area contributed by atoms with Crippen molar-refractivity contribution in [2.75, 3.05) is 47.0 Å². The lowest BCUT2D eigenvalue weighted by molar-refractivity contribution is -0.132. The number of rotatable bonds is 8. The van der Waals surface area contributed by atoms with E-state index in [4.69, 9.17) is 14.2 Å². The first kappa shape index (κ1) is 22.7. The molecule has 1 saturated heterocycles. The molecule has 2 aromatic rings. The van der Waals surface area contributed by atoms with E-state index >= 15 is 0 Å². The van der Waals surface area contributed by atoms with Crippen LogP contribution in [0.2, 0.25) is 0 Å². The fourth-order valence-corrected chi connectivity index (χ4v) is 4.70. The molecule has 31 heavy (non-hydrogen) atoms. The smallest absolute Gasteiger partial charge is 0.243 e. The Labute approximate surface area is 181 Å². The molecule has 1 N–H and O–H groups in total. The third-order valence-corrected chi connectivity index (χ3v) is 6.90. The molecule has 0 aromatic heterocycles. The van der Waals surface area contributed by atoms with E-state index in [1.807, 2.05) is 0 Å². The fourth-order valence-electron chi connectivity index (χ4n) is 3.26. The van der Waals surface area contributed by atoms with Crippen LogP contribution in [0.5, 0.6) is 23.0 Å². The Balaban J connectivity index is 1.53. The highest BCUT2D eigenvalue weighted by atomic mass is 32.2. The number of phenolic OH excluding ortho intramolecular Hbond substituents is 1. The van der Waals surface area contributed by atoms with E-state index in [9.17, 15) is 18.3 Å². The second-order valence-corrected chi connectivity index (χ2v) is 8.83. The average Bonchev–Trinajstić information content (AvgIpc) is 2.79. The van der Waals surface area contributed by atoms with Gasteiger partial charge in [-0.15, -0.1) is 0 Å². The average molecular weight is 451 g/mol. The highest BCUT2D eigenvalue weighted by Gasteiger charge is 2.30. The summed E-state index contributed by atoms with van der Waals surface area (Å²) >= 11 is 0. The highest BCUT2D eigenvalue weighted by molar-refractivity contribution is 7.89. The quantitative estimate of drug-likeness (QED) is 0.653. The van der Waals surface area contributed by atoms with Gasteiger partial charge in [-0.3, -0.25) is 4.79 Å². The Morgan fingerprint density at radius 1 is 0.968 bits per heavy atom. The molecule has 10 heteroatoms. The van der Waals surface area contributed by atoms with E-state index in [0.29, 0.717) is 30.3 Å². The summed E-state index contributed by atoms with van der Waals surface area (Å²) in [6.07, 6.45) is 0.184. The lowest BCUT2D eigenvalue weighted by Crippen LogP contribution is -2.50. The number of piperazine rings is 1. The SMILES string of the molecule is COc1ccc(S(=O)(=O)N2CCN(C(=O)CCOc3ccc(O)cc3)CC2)cc1OC. The van der Waals surface area contributed by atoms with Crippen LogP contribution in [-0.4, -0.2) is 75.6 Å². The van der Waals surface area contributed by atoms with Gasteiger partial charge in [0.05, 0.1) is 32.1 Å². The van der Waals surface area contributed by atoms with Crippen LogP contribution >= 0.6 is 0 Å². The largest absolute Gasteiger partial charge is 0.508 e. The number of nitrogens with zero attached hydrogens (tertiary/aromatic N) is 2. The van der Waals surface area contributed by atoms with Crippen molar-refractivity contribution >= 4 is 15.9 Å². The molecule has 1 amide bonds. The second kappa shape index (κ2) is 9.88. The Morgan fingerprint density at radius 2 is 1.61 bits per heavy atom. The Kier molecular flexibility index (Phi) is 7.24. The summed E-state index contributed by atoms with van der Waals surface area (Å²) in [5.41, 5.74) is 0. The molecule has 0 saturated carbocycles. The second-order valence-electron chi connectivity index (χ2n) is 6.89. The normalized spacial score (nSPS) is 14.8. The summed E-state index contributed by atoms with van der Waals surface area (Å²) in [4.78, 5) is 14.2. The van der Waals surface area contributed by atoms with Gasteiger partial charge in [0, 0.05) is 32.2 Å². The number of hydrogen-bond donors (Lipinski definition) is 1. The van der Waals surface area contributed by atoms with Crippen LogP contribution in [0.25, 0.3) is 0 Å². The molecule has 0 spiro atoms. The standard InChI is InChI=1S/C21H26N2O7S/c1-28-19-8-7-18(15-20(19)29-2)31(26,27)23-12-10-22(11-13-23)21(25)9-14-30-17-5-3-16(24)4-6-17/h3-8,15,24H,9-14H2,1-2H3. The van der Waals surface area contributed by atoms with Crippen LogP contribution in [0.1, 0.15) is 6.42 Å². The number of sulfonamides is 1. The minimum atomic E-state index is -3.71. The Hall–Kier alpha value is -2.98. The highest BCUT2D eigenvalue weighted by Crippen LogP contribution is 2.31. The summed E-state index contributed by atoms with van der Waals surface area (Å²) in [6, 6.07) is 10.7. The van der Waals surface area contributed by atoms with Gasteiger partial charge >= 0.3 is 0 Å². The van der Waals surface area contributed by atoms with E-state index in [1.165, 1.54) is 42.8 Å². The maximum absolute atomic E-state index is 13.0. The van der Waals surface area contributed by atoms with Crippen LogP contribution < -0.4 is 14.2 Å². The number of carbonyl (C=O) groups is 1. The van der Waals surface area contributed by atoms with Gasteiger partial charge in [-0.05, 0) is 36.4 Å². The molecular weight excluding hydrogens is 424 g/mol. The van der Waals surface area contributed by atoms with Gasteiger partial charge < -0.3 is 24.2 Å². The number of hydrogen-bond acceptors (Lipinski definition) is 7. The maximum atomic E-state index is 13.0. The first-order valence-electron chi connectivity index (χ1n) is 9.77. The van der Waals surface area contributed by atoms with E-state index in [-0.39, 0.29) is 42.7 Å². The molecule has 9 nitrogen and oxygen atoms in total. The van der Waals surface area contributed by atoms with Crippen molar-refractivity contribution in [3.63, 3.8) is 0 Å². The number of amides is 1. The summed E-state index contributed by atoms with van der Waals surface area (Å²) in [5, 5.41) is 9.27. The zero-order chi connectivity index (χ0) is 22.4. The van der Waals surface area contributed by atoms with Gasteiger partial charge in [0.15, 0.2) is 11.5 Å². The monoisotopic (exact) mass is 450 g/mol. The zero-order valence-corrected chi connectivity index (χ0v) is 18.3. The number of methoxy groups -OCH3 is 2. The molecule has 0 aliphatic carbocycles. The van der Waals surface area contributed by atoms with Gasteiger partial charge in [0.1, 0.15) is 11.5 Å². The van der Waals surface area contributed by atoms with Crippen LogP contribution in [0.15, 0.2) is 47.4 Å². The molecule has 0 bridgehead atoms. The van der Waals surface area contributed by atoms with E-state index < -0.39 is 10.0 Å². The maximum Gasteiger partial charge on any atom is 0.243 e. The van der Waals surface area contributed by atoms with Crippen molar-refractivity contribution < 1.29 is 32.5 Å². The van der Waals surface area contributed by atoms with Gasteiger partial charge in [0.2, 0.25) is 15.9 Å². The zero-order valence-electron chi connectivity index (χ0n) is 17.5. The Bertz CT molecular complexity index is 1000. The fraction of sp³-hybridized carbons (Fsp3) is 0.381. The summed E-state index contributed by atoms with van der Waals surface area (Å²) < 4.78 is 43.2. The summed E-state index contributed by atoms with van der Waals surface area (Å²) in [5.74, 6) is 1.40. The third kappa shape index (κ3) is 5.39. The predicted molar refractivity (Wildman–Crippen MR) is 113 cm³/mol. The van der Waals surface area contributed by atoms with Crippen molar-refractivity contribution in [3.05, 3.63) is 42.5 Å². The van der Waals surface area contributed by atoms with E-state index in [2.05, 4.69) is 0 Å². The molecule has 1 aliphatic heterocycles. The molecule has 0 radical (unpaired) electrons. The van der Waals surface area contributed by atoms with Crippen LogP contribution in [0, 0.1) is 0 Å². The van der Waals surface area contributed by atoms with Crippen LogP contribution in [0.4, 0.5) is 0 Å². The van der Waals surface area contributed by atoms with E-state index in [1.54, 1.807) is 23.1 Å². The lowest BCUT2D eigenvalue weighted by atomic mass is 10.3. The lowest BCUT2D eigenvalue weighted by Gasteiger charge is -2.34. The first-order valence-corrected chi connectivity index (χ1v) is 11.2. The third-order valence-electron chi connectivity index (χ3n) is 5.01. The van der Waals surface area contributed by atoms with Gasteiger partial charge in [-0.2, -0.15) is 4.31 Å². The summed E-state index contributed by atoms with van der Waals surface area (Å²) in [6.45, 7) is 1.24. The summed E-state index contributed by atoms with van der Waals surface area (Å²) in [7, 11) is -0.778. The molecule has 1 heterocycles. The Morgan fingerprint density at radius 3 is 2.23 bits per heavy atom. The van der Waals surface area contributed by atoms with Crippen molar-refractivity contribution in [2.24, 2.45) is 0 Å².